The van der Waals surface area contributed by atoms with Gasteiger partial charge in [-0.05, 0) is 56.0 Å². The molecule has 98 valence electrons. The average molecular weight is 248 g/mol. The predicted octanol–water partition coefficient (Wildman–Crippen LogP) is 2.46. The van der Waals surface area contributed by atoms with Gasteiger partial charge >= 0.3 is 0 Å². The maximum absolute atomic E-state index is 13.4. The molecule has 0 aliphatic carbocycles. The van der Waals surface area contributed by atoms with Gasteiger partial charge in [-0.3, -0.25) is 4.90 Å². The van der Waals surface area contributed by atoms with Gasteiger partial charge in [0.25, 0.3) is 0 Å². The fraction of sp³-hybridized carbons (Fsp3) is 0.600. The van der Waals surface area contributed by atoms with Crippen LogP contribution in [0.3, 0.4) is 0 Å². The minimum Gasteiger partial charge on any atom is -0.315 e. The average Bonchev–Trinajstić information content (AvgIpc) is 2.58. The van der Waals surface area contributed by atoms with Gasteiger partial charge in [0.15, 0.2) is 0 Å². The van der Waals surface area contributed by atoms with Crippen LogP contribution in [0.1, 0.15) is 30.4 Å². The number of halogens is 1. The van der Waals surface area contributed by atoms with Crippen LogP contribution in [0.5, 0.6) is 0 Å². The number of nitrogens with one attached hydrogen (secondary N) is 1. The number of hydrogen-bond donors (Lipinski definition) is 1. The lowest BCUT2D eigenvalue weighted by Crippen LogP contribution is -2.37. The Morgan fingerprint density at radius 2 is 2.11 bits per heavy atom. The van der Waals surface area contributed by atoms with Gasteiger partial charge in [0.05, 0.1) is 0 Å². The maximum Gasteiger partial charge on any atom is 0.123 e. The van der Waals surface area contributed by atoms with E-state index in [0.717, 1.165) is 25.2 Å². The van der Waals surface area contributed by atoms with E-state index in [1.54, 1.807) is 12.1 Å². The zero-order valence-electron chi connectivity index (χ0n) is 11.0. The maximum atomic E-state index is 13.4. The zero-order valence-corrected chi connectivity index (χ0v) is 11.0. The molecule has 1 N–H and O–H groups in total. The molecule has 0 aromatic heterocycles. The summed E-state index contributed by atoms with van der Waals surface area (Å²) in [4.78, 5) is 2.59. The summed E-state index contributed by atoms with van der Waals surface area (Å²) in [6, 6.07) is 6.47. The van der Waals surface area contributed by atoms with Crippen LogP contribution in [-0.4, -0.2) is 30.1 Å². The summed E-state index contributed by atoms with van der Waals surface area (Å²) in [5.74, 6) is -0.115. The highest BCUT2D eigenvalue weighted by Crippen LogP contribution is 2.30. The molecule has 18 heavy (non-hydrogen) atoms. The number of hydrogen-bond acceptors (Lipinski definition) is 2. The molecule has 0 saturated carbocycles. The summed E-state index contributed by atoms with van der Waals surface area (Å²) in [5, 5.41) is 3.50. The van der Waals surface area contributed by atoms with Crippen LogP contribution in [0.4, 0.5) is 4.39 Å². The number of aryl methyl sites for hydroxylation is 1. The van der Waals surface area contributed by atoms with Crippen molar-refractivity contribution in [2.24, 2.45) is 0 Å². The van der Waals surface area contributed by atoms with Gasteiger partial charge in [0.1, 0.15) is 5.82 Å². The van der Waals surface area contributed by atoms with Crippen LogP contribution in [-0.2, 0) is 6.54 Å². The van der Waals surface area contributed by atoms with Crippen molar-refractivity contribution in [3.05, 3.63) is 35.1 Å². The standard InChI is InChI=1S/C15H21FN2/c1-11-2-3-13(16)8-12(11)10-18-14-4-5-15(18)9-17-7-6-14/h2-3,8,14-15,17H,4-7,9-10H2,1H3. The van der Waals surface area contributed by atoms with Crippen molar-refractivity contribution < 1.29 is 4.39 Å². The summed E-state index contributed by atoms with van der Waals surface area (Å²) < 4.78 is 13.4. The molecule has 1 aromatic rings. The van der Waals surface area contributed by atoms with Crippen molar-refractivity contribution >= 4 is 0 Å². The van der Waals surface area contributed by atoms with Gasteiger partial charge < -0.3 is 5.32 Å². The van der Waals surface area contributed by atoms with Gasteiger partial charge in [-0.15, -0.1) is 0 Å². The highest BCUT2D eigenvalue weighted by molar-refractivity contribution is 5.26. The Labute approximate surface area is 108 Å². The van der Waals surface area contributed by atoms with Crippen LogP contribution in [0.15, 0.2) is 18.2 Å². The molecular weight excluding hydrogens is 227 g/mol. The molecule has 1 aromatic carbocycles. The van der Waals surface area contributed by atoms with E-state index in [9.17, 15) is 4.39 Å². The topological polar surface area (TPSA) is 15.3 Å². The number of benzene rings is 1. The minimum atomic E-state index is -0.115. The lowest BCUT2D eigenvalue weighted by molar-refractivity contribution is 0.193. The molecule has 3 rings (SSSR count). The van der Waals surface area contributed by atoms with Gasteiger partial charge in [-0.25, -0.2) is 4.39 Å². The number of nitrogens with zero attached hydrogens (tertiary/aromatic N) is 1. The lowest BCUT2D eigenvalue weighted by atomic mass is 10.1. The van der Waals surface area contributed by atoms with Crippen LogP contribution >= 0.6 is 0 Å². The van der Waals surface area contributed by atoms with E-state index in [2.05, 4.69) is 17.1 Å². The van der Waals surface area contributed by atoms with E-state index in [0.29, 0.717) is 12.1 Å². The molecule has 0 radical (unpaired) electrons. The Morgan fingerprint density at radius 1 is 1.28 bits per heavy atom. The van der Waals surface area contributed by atoms with E-state index < -0.39 is 0 Å². The first-order valence-electron chi connectivity index (χ1n) is 6.95. The third kappa shape index (κ3) is 2.29. The molecule has 2 bridgehead atoms. The van der Waals surface area contributed by atoms with Gasteiger partial charge in [0, 0.05) is 25.2 Å². The summed E-state index contributed by atoms with van der Waals surface area (Å²) in [7, 11) is 0. The molecule has 3 heteroatoms. The highest BCUT2D eigenvalue weighted by atomic mass is 19.1. The molecule has 2 heterocycles. The summed E-state index contributed by atoms with van der Waals surface area (Å²) in [6.07, 6.45) is 3.82. The molecule has 2 saturated heterocycles. The van der Waals surface area contributed by atoms with Gasteiger partial charge in [-0.1, -0.05) is 6.07 Å². The molecule has 2 fully saturated rings. The van der Waals surface area contributed by atoms with Gasteiger partial charge in [-0.2, -0.15) is 0 Å². The van der Waals surface area contributed by atoms with Crippen LogP contribution in [0.2, 0.25) is 0 Å². The van der Waals surface area contributed by atoms with Crippen LogP contribution in [0, 0.1) is 12.7 Å². The van der Waals surface area contributed by atoms with E-state index in [4.69, 9.17) is 0 Å². The first-order chi connectivity index (χ1) is 8.74. The molecule has 2 nitrogen and oxygen atoms in total. The minimum absolute atomic E-state index is 0.115. The second-order valence-electron chi connectivity index (χ2n) is 5.62. The Morgan fingerprint density at radius 3 is 3.00 bits per heavy atom. The Kier molecular flexibility index (Phi) is 3.35. The van der Waals surface area contributed by atoms with Crippen molar-refractivity contribution in [1.29, 1.82) is 0 Å². The lowest BCUT2D eigenvalue weighted by Gasteiger charge is -2.28. The normalized spacial score (nSPS) is 28.3. The van der Waals surface area contributed by atoms with Crippen molar-refractivity contribution in [2.45, 2.75) is 44.8 Å². The molecule has 2 aliphatic rings. The molecule has 2 unspecified atom stereocenters. The molecule has 2 aliphatic heterocycles. The Balaban J connectivity index is 1.81. The highest BCUT2D eigenvalue weighted by Gasteiger charge is 2.34. The molecule has 2 atom stereocenters. The fourth-order valence-electron chi connectivity index (χ4n) is 3.35. The van der Waals surface area contributed by atoms with Crippen molar-refractivity contribution in [2.75, 3.05) is 13.1 Å². The Hall–Kier alpha value is -0.930. The predicted molar refractivity (Wildman–Crippen MR) is 71.0 cm³/mol. The van der Waals surface area contributed by atoms with Crippen molar-refractivity contribution in [3.63, 3.8) is 0 Å². The van der Waals surface area contributed by atoms with E-state index in [1.165, 1.54) is 24.8 Å². The second-order valence-corrected chi connectivity index (χ2v) is 5.62. The summed E-state index contributed by atoms with van der Waals surface area (Å²) >= 11 is 0. The quantitative estimate of drug-likeness (QED) is 0.865. The van der Waals surface area contributed by atoms with E-state index in [1.807, 2.05) is 6.07 Å². The third-order valence-electron chi connectivity index (χ3n) is 4.47. The summed E-state index contributed by atoms with van der Waals surface area (Å²) in [6.45, 7) is 5.19. The van der Waals surface area contributed by atoms with Crippen molar-refractivity contribution in [1.82, 2.24) is 10.2 Å². The first-order valence-corrected chi connectivity index (χ1v) is 6.95. The third-order valence-corrected chi connectivity index (χ3v) is 4.47. The zero-order chi connectivity index (χ0) is 12.5. The van der Waals surface area contributed by atoms with Gasteiger partial charge in [0.2, 0.25) is 0 Å². The number of rotatable bonds is 2. The number of fused-ring (bicyclic) bond motifs is 2. The largest absolute Gasteiger partial charge is 0.315 e. The van der Waals surface area contributed by atoms with Crippen LogP contribution in [0.25, 0.3) is 0 Å². The monoisotopic (exact) mass is 248 g/mol. The molecular formula is C15H21FN2. The summed E-state index contributed by atoms with van der Waals surface area (Å²) in [5.41, 5.74) is 2.35. The first kappa shape index (κ1) is 12.1. The van der Waals surface area contributed by atoms with Crippen molar-refractivity contribution in [3.8, 4) is 0 Å². The Bertz CT molecular complexity index is 419. The van der Waals surface area contributed by atoms with E-state index >= 15 is 0 Å². The fourth-order valence-corrected chi connectivity index (χ4v) is 3.35. The SMILES string of the molecule is Cc1ccc(F)cc1CN1C2CCNCC1CC2. The molecule has 0 spiro atoms. The second kappa shape index (κ2) is 4.98. The van der Waals surface area contributed by atoms with Crippen LogP contribution < -0.4 is 5.32 Å². The molecule has 0 amide bonds. The van der Waals surface area contributed by atoms with E-state index in [-0.39, 0.29) is 5.82 Å². The smallest absolute Gasteiger partial charge is 0.123 e.